The van der Waals surface area contributed by atoms with E-state index in [1.165, 1.54) is 6.92 Å². The molecule has 0 saturated heterocycles. The van der Waals surface area contributed by atoms with Gasteiger partial charge in [0.15, 0.2) is 5.78 Å². The summed E-state index contributed by atoms with van der Waals surface area (Å²) in [7, 11) is 0. The minimum absolute atomic E-state index is 0.0173. The van der Waals surface area contributed by atoms with Gasteiger partial charge in [-0.05, 0) is 49.2 Å². The van der Waals surface area contributed by atoms with Crippen molar-refractivity contribution in [2.75, 3.05) is 0 Å². The number of ether oxygens (including phenoxy) is 1. The van der Waals surface area contributed by atoms with Gasteiger partial charge in [0.05, 0.1) is 0 Å². The van der Waals surface area contributed by atoms with Crippen molar-refractivity contribution in [3.63, 3.8) is 0 Å². The standard InChI is InChI=1S/C21H25NO3.2CO2/c1-4-21(5-2,22-16(3)23)15-20(24)17-11-13-19(14-12-17)25-18-9-7-6-8-10-18;2*2-1-3/h6-14H,4-5,15H2,1-3H3,(H,22,23);;. The highest BCUT2D eigenvalue weighted by molar-refractivity contribution is 5.97. The molecule has 2 rings (SSSR count). The summed E-state index contributed by atoms with van der Waals surface area (Å²) in [4.78, 5) is 56.6. The molecule has 0 aromatic heterocycles. The molecule has 1 amide bonds. The Balaban J connectivity index is 0.00000134. The SMILES string of the molecule is CCC(CC)(CC(=O)c1ccc(Oc2ccccc2)cc1)NC(C)=O.O=C=O.O=C=O. The highest BCUT2D eigenvalue weighted by Gasteiger charge is 2.30. The van der Waals surface area contributed by atoms with Crippen molar-refractivity contribution in [3.8, 4) is 11.5 Å². The highest BCUT2D eigenvalue weighted by atomic mass is 16.5. The molecule has 31 heavy (non-hydrogen) atoms. The van der Waals surface area contributed by atoms with Crippen molar-refractivity contribution < 1.29 is 33.5 Å². The van der Waals surface area contributed by atoms with E-state index in [2.05, 4.69) is 5.32 Å². The second kappa shape index (κ2) is 15.0. The number of nitrogens with one attached hydrogen (secondary N) is 1. The lowest BCUT2D eigenvalue weighted by atomic mass is 9.85. The van der Waals surface area contributed by atoms with Gasteiger partial charge in [-0.1, -0.05) is 32.0 Å². The van der Waals surface area contributed by atoms with Crippen LogP contribution in [0.15, 0.2) is 54.6 Å². The van der Waals surface area contributed by atoms with Crippen molar-refractivity contribution in [3.05, 3.63) is 60.2 Å². The number of para-hydroxylation sites is 1. The zero-order valence-electron chi connectivity index (χ0n) is 17.7. The van der Waals surface area contributed by atoms with E-state index in [0.29, 0.717) is 30.6 Å². The van der Waals surface area contributed by atoms with E-state index in [1.54, 1.807) is 24.3 Å². The molecule has 0 fully saturated rings. The van der Waals surface area contributed by atoms with E-state index in [1.807, 2.05) is 44.2 Å². The Morgan fingerprint density at radius 3 is 1.71 bits per heavy atom. The maximum absolute atomic E-state index is 12.6. The van der Waals surface area contributed by atoms with Gasteiger partial charge in [-0.15, -0.1) is 0 Å². The first-order chi connectivity index (χ1) is 14.8. The second-order valence-corrected chi connectivity index (χ2v) is 6.37. The summed E-state index contributed by atoms with van der Waals surface area (Å²) < 4.78 is 5.74. The lowest BCUT2D eigenvalue weighted by Crippen LogP contribution is -2.48. The van der Waals surface area contributed by atoms with Gasteiger partial charge < -0.3 is 10.1 Å². The van der Waals surface area contributed by atoms with E-state index in [-0.39, 0.29) is 24.0 Å². The van der Waals surface area contributed by atoms with Crippen LogP contribution in [-0.2, 0) is 24.0 Å². The maximum atomic E-state index is 12.6. The molecule has 0 aliphatic carbocycles. The molecule has 0 aliphatic heterocycles. The number of hydrogen-bond acceptors (Lipinski definition) is 7. The molecule has 0 atom stereocenters. The molecular formula is C23H25NO7. The van der Waals surface area contributed by atoms with Crippen LogP contribution in [-0.4, -0.2) is 29.5 Å². The third kappa shape index (κ3) is 10.5. The minimum atomic E-state index is -0.484. The summed E-state index contributed by atoms with van der Waals surface area (Å²) in [5.74, 6) is 1.34. The Kier molecular flexibility index (Phi) is 13.2. The Morgan fingerprint density at radius 1 is 0.839 bits per heavy atom. The molecular weight excluding hydrogens is 402 g/mol. The van der Waals surface area contributed by atoms with Crippen molar-refractivity contribution in [1.29, 1.82) is 0 Å². The van der Waals surface area contributed by atoms with Crippen LogP contribution < -0.4 is 10.1 Å². The average Bonchev–Trinajstić information content (AvgIpc) is 2.75. The van der Waals surface area contributed by atoms with Crippen LogP contribution in [0.2, 0.25) is 0 Å². The third-order valence-electron chi connectivity index (χ3n) is 4.45. The maximum Gasteiger partial charge on any atom is 0.373 e. The van der Waals surface area contributed by atoms with Gasteiger partial charge in [0.25, 0.3) is 0 Å². The van der Waals surface area contributed by atoms with E-state index < -0.39 is 5.54 Å². The molecule has 2 aromatic carbocycles. The van der Waals surface area contributed by atoms with E-state index in [0.717, 1.165) is 5.75 Å². The van der Waals surface area contributed by atoms with Gasteiger partial charge in [0.1, 0.15) is 11.5 Å². The first kappa shape index (κ1) is 27.1. The number of carbonyl (C=O) groups is 2. The van der Waals surface area contributed by atoms with Crippen molar-refractivity contribution >= 4 is 24.0 Å². The van der Waals surface area contributed by atoms with Crippen LogP contribution in [0.4, 0.5) is 0 Å². The molecule has 2 aromatic rings. The Labute approximate surface area is 180 Å². The molecule has 8 heteroatoms. The minimum Gasteiger partial charge on any atom is -0.457 e. The van der Waals surface area contributed by atoms with E-state index in [9.17, 15) is 9.59 Å². The summed E-state index contributed by atoms with van der Waals surface area (Å²) in [5.41, 5.74) is 0.138. The number of ketones is 1. The summed E-state index contributed by atoms with van der Waals surface area (Å²) in [6.45, 7) is 5.47. The molecule has 0 aliphatic rings. The molecule has 0 heterocycles. The fraction of sp³-hybridized carbons (Fsp3) is 0.304. The Morgan fingerprint density at radius 2 is 1.29 bits per heavy atom. The number of benzene rings is 2. The molecule has 8 nitrogen and oxygen atoms in total. The van der Waals surface area contributed by atoms with Gasteiger partial charge in [0, 0.05) is 24.4 Å². The predicted octanol–water partition coefficient (Wildman–Crippen LogP) is 3.58. The van der Waals surface area contributed by atoms with Gasteiger partial charge in [-0.3, -0.25) is 9.59 Å². The zero-order valence-corrected chi connectivity index (χ0v) is 17.7. The summed E-state index contributed by atoms with van der Waals surface area (Å²) in [6, 6.07) is 16.6. The molecule has 0 bridgehead atoms. The first-order valence-corrected chi connectivity index (χ1v) is 9.44. The van der Waals surface area contributed by atoms with Crippen LogP contribution in [0, 0.1) is 0 Å². The second-order valence-electron chi connectivity index (χ2n) is 6.37. The quantitative estimate of drug-likeness (QED) is 0.639. The van der Waals surface area contributed by atoms with Crippen molar-refractivity contribution in [2.24, 2.45) is 0 Å². The third-order valence-corrected chi connectivity index (χ3v) is 4.45. The van der Waals surface area contributed by atoms with Gasteiger partial charge in [-0.2, -0.15) is 19.2 Å². The topological polar surface area (TPSA) is 124 Å². The number of hydrogen-bond donors (Lipinski definition) is 1. The van der Waals surface area contributed by atoms with Gasteiger partial charge in [0.2, 0.25) is 5.91 Å². The fourth-order valence-corrected chi connectivity index (χ4v) is 2.84. The predicted molar refractivity (Wildman–Crippen MR) is 109 cm³/mol. The first-order valence-electron chi connectivity index (χ1n) is 9.44. The Bertz CT molecular complexity index is 864. The van der Waals surface area contributed by atoms with Crippen LogP contribution in [0.5, 0.6) is 11.5 Å². The molecule has 0 unspecified atom stereocenters. The average molecular weight is 427 g/mol. The summed E-state index contributed by atoms with van der Waals surface area (Å²) in [6.07, 6.45) is 2.21. The van der Waals surface area contributed by atoms with Crippen molar-refractivity contribution in [1.82, 2.24) is 5.32 Å². The molecule has 1 N–H and O–H groups in total. The molecule has 0 saturated carbocycles. The normalized spacial score (nSPS) is 9.39. The van der Waals surface area contributed by atoms with Gasteiger partial charge in [-0.25, -0.2) is 0 Å². The zero-order chi connectivity index (χ0) is 23.7. The Hall–Kier alpha value is -3.86. The number of rotatable bonds is 8. The van der Waals surface area contributed by atoms with E-state index >= 15 is 0 Å². The van der Waals surface area contributed by atoms with Crippen LogP contribution in [0.1, 0.15) is 50.4 Å². The molecule has 0 radical (unpaired) electrons. The summed E-state index contributed by atoms with van der Waals surface area (Å²) in [5, 5.41) is 2.95. The van der Waals surface area contributed by atoms with Crippen LogP contribution in [0.3, 0.4) is 0 Å². The highest BCUT2D eigenvalue weighted by Crippen LogP contribution is 2.25. The lowest BCUT2D eigenvalue weighted by molar-refractivity contribution is -0.193. The lowest BCUT2D eigenvalue weighted by Gasteiger charge is -2.32. The monoisotopic (exact) mass is 427 g/mol. The van der Waals surface area contributed by atoms with Crippen LogP contribution >= 0.6 is 0 Å². The molecule has 164 valence electrons. The van der Waals surface area contributed by atoms with Gasteiger partial charge >= 0.3 is 12.3 Å². The fourth-order valence-electron chi connectivity index (χ4n) is 2.84. The number of Topliss-reactive ketones (excluding diaryl/α,β-unsaturated/α-hetero) is 1. The number of carbonyl (C=O) groups excluding carboxylic acids is 6. The largest absolute Gasteiger partial charge is 0.457 e. The smallest absolute Gasteiger partial charge is 0.373 e. The molecule has 0 spiro atoms. The number of amides is 1. The summed E-state index contributed by atoms with van der Waals surface area (Å²) >= 11 is 0. The van der Waals surface area contributed by atoms with E-state index in [4.69, 9.17) is 23.9 Å². The van der Waals surface area contributed by atoms with Crippen molar-refractivity contribution in [2.45, 2.75) is 45.6 Å². The van der Waals surface area contributed by atoms with Crippen LogP contribution in [0.25, 0.3) is 0 Å².